The molecule has 1 amide bonds. The van der Waals surface area contributed by atoms with Gasteiger partial charge in [0.1, 0.15) is 5.82 Å². The summed E-state index contributed by atoms with van der Waals surface area (Å²) < 4.78 is 38.0. The highest BCUT2D eigenvalue weighted by Gasteiger charge is 2.32. The lowest BCUT2D eigenvalue weighted by molar-refractivity contribution is -0.137. The lowest BCUT2D eigenvalue weighted by Crippen LogP contribution is -2.49. The number of hydrogen-bond donors (Lipinski definition) is 0. The SMILES string of the molecule is O=C(Cc1cccs1)N1CCN(c2ncc(C(F)(F)F)cc2Cl)CC1. The molecule has 2 aromatic heterocycles. The highest BCUT2D eigenvalue weighted by Crippen LogP contribution is 2.33. The topological polar surface area (TPSA) is 36.4 Å². The molecule has 134 valence electrons. The van der Waals surface area contributed by atoms with Crippen LogP contribution in [0, 0.1) is 0 Å². The van der Waals surface area contributed by atoms with Crippen molar-refractivity contribution >= 4 is 34.7 Å². The molecule has 0 saturated carbocycles. The van der Waals surface area contributed by atoms with Crippen molar-refractivity contribution in [3.05, 3.63) is 45.2 Å². The number of hydrogen-bond acceptors (Lipinski definition) is 4. The standard InChI is InChI=1S/C16H15ClF3N3OS/c17-13-8-11(16(18,19)20)10-21-15(13)23-5-3-22(4-6-23)14(24)9-12-2-1-7-25-12/h1-2,7-8,10H,3-6,9H2. The van der Waals surface area contributed by atoms with Gasteiger partial charge in [0.15, 0.2) is 0 Å². The molecular weight excluding hydrogens is 375 g/mol. The normalized spacial score (nSPS) is 15.5. The summed E-state index contributed by atoms with van der Waals surface area (Å²) in [5, 5.41) is 1.90. The van der Waals surface area contributed by atoms with Gasteiger partial charge in [0.05, 0.1) is 17.0 Å². The van der Waals surface area contributed by atoms with Crippen LogP contribution in [0.15, 0.2) is 29.8 Å². The third-order valence-corrected chi connectivity index (χ3v) is 5.14. The van der Waals surface area contributed by atoms with E-state index in [1.54, 1.807) is 21.1 Å². The van der Waals surface area contributed by atoms with Gasteiger partial charge >= 0.3 is 6.18 Å². The quantitative estimate of drug-likeness (QED) is 0.803. The Morgan fingerprint density at radius 3 is 2.56 bits per heavy atom. The van der Waals surface area contributed by atoms with E-state index in [2.05, 4.69) is 4.98 Å². The summed E-state index contributed by atoms with van der Waals surface area (Å²) in [6, 6.07) is 4.71. The van der Waals surface area contributed by atoms with Gasteiger partial charge in [-0.05, 0) is 17.5 Å². The van der Waals surface area contributed by atoms with Crippen molar-refractivity contribution < 1.29 is 18.0 Å². The van der Waals surface area contributed by atoms with Gasteiger partial charge in [-0.25, -0.2) is 4.98 Å². The van der Waals surface area contributed by atoms with Gasteiger partial charge in [0.25, 0.3) is 0 Å². The molecule has 1 fully saturated rings. The van der Waals surface area contributed by atoms with Crippen molar-refractivity contribution in [2.45, 2.75) is 12.6 Å². The largest absolute Gasteiger partial charge is 0.417 e. The number of aromatic nitrogens is 1. The van der Waals surface area contributed by atoms with E-state index in [1.165, 1.54) is 0 Å². The first-order valence-corrected chi connectivity index (χ1v) is 8.88. The molecule has 0 bridgehead atoms. The molecule has 1 saturated heterocycles. The van der Waals surface area contributed by atoms with E-state index in [0.717, 1.165) is 17.1 Å². The van der Waals surface area contributed by atoms with E-state index in [-0.39, 0.29) is 10.9 Å². The molecule has 0 N–H and O–H groups in total. The molecule has 4 nitrogen and oxygen atoms in total. The molecule has 0 unspecified atom stereocenters. The molecule has 3 heterocycles. The molecular formula is C16H15ClF3N3OS. The van der Waals surface area contributed by atoms with Gasteiger partial charge in [-0.2, -0.15) is 13.2 Å². The number of rotatable bonds is 3. The number of halogens is 4. The summed E-state index contributed by atoms with van der Waals surface area (Å²) in [6.45, 7) is 1.94. The van der Waals surface area contributed by atoms with Crippen LogP contribution >= 0.6 is 22.9 Å². The predicted octanol–water partition coefficient (Wildman–Crippen LogP) is 3.71. The first-order chi connectivity index (χ1) is 11.8. The summed E-state index contributed by atoms with van der Waals surface area (Å²) >= 11 is 7.52. The lowest BCUT2D eigenvalue weighted by atomic mass is 10.2. The first kappa shape index (κ1) is 18.0. The predicted molar refractivity (Wildman–Crippen MR) is 91.1 cm³/mol. The van der Waals surface area contributed by atoms with Crippen LogP contribution in [0.25, 0.3) is 0 Å². The second-order valence-corrected chi connectivity index (χ2v) is 7.09. The highest BCUT2D eigenvalue weighted by molar-refractivity contribution is 7.10. The zero-order valence-corrected chi connectivity index (χ0v) is 14.7. The number of nitrogens with zero attached hydrogens (tertiary/aromatic N) is 3. The monoisotopic (exact) mass is 389 g/mol. The number of thiophene rings is 1. The van der Waals surface area contributed by atoms with Gasteiger partial charge in [-0.1, -0.05) is 17.7 Å². The Labute approximate surface area is 151 Å². The minimum atomic E-state index is -4.47. The fourth-order valence-electron chi connectivity index (χ4n) is 2.66. The minimum absolute atomic E-state index is 0.0341. The Bertz CT molecular complexity index is 744. The molecule has 3 rings (SSSR count). The molecule has 1 aliphatic heterocycles. The summed E-state index contributed by atoms with van der Waals surface area (Å²) in [5.41, 5.74) is -0.869. The number of carbonyl (C=O) groups is 1. The number of piperazine rings is 1. The Kier molecular flexibility index (Phi) is 5.19. The van der Waals surface area contributed by atoms with E-state index in [4.69, 9.17) is 11.6 Å². The van der Waals surface area contributed by atoms with Gasteiger partial charge in [-0.3, -0.25) is 4.79 Å². The molecule has 0 atom stereocenters. The van der Waals surface area contributed by atoms with E-state index in [9.17, 15) is 18.0 Å². The number of anilines is 1. The zero-order chi connectivity index (χ0) is 18.0. The van der Waals surface area contributed by atoms with E-state index in [1.807, 2.05) is 17.5 Å². The van der Waals surface area contributed by atoms with Gasteiger partial charge in [-0.15, -0.1) is 11.3 Å². The van der Waals surface area contributed by atoms with E-state index in [0.29, 0.717) is 38.4 Å². The lowest BCUT2D eigenvalue weighted by Gasteiger charge is -2.35. The Morgan fingerprint density at radius 2 is 2.00 bits per heavy atom. The maximum absolute atomic E-state index is 12.7. The van der Waals surface area contributed by atoms with Crippen LogP contribution in [0.3, 0.4) is 0 Å². The smallest absolute Gasteiger partial charge is 0.352 e. The van der Waals surface area contributed by atoms with E-state index < -0.39 is 11.7 Å². The van der Waals surface area contributed by atoms with Crippen LogP contribution in [-0.4, -0.2) is 42.0 Å². The van der Waals surface area contributed by atoms with Crippen LogP contribution in [-0.2, 0) is 17.4 Å². The van der Waals surface area contributed by atoms with Crippen LogP contribution in [0.5, 0.6) is 0 Å². The molecule has 25 heavy (non-hydrogen) atoms. The van der Waals surface area contributed by atoms with Crippen LogP contribution in [0.2, 0.25) is 5.02 Å². The van der Waals surface area contributed by atoms with Crippen molar-refractivity contribution in [2.75, 3.05) is 31.1 Å². The molecule has 1 aliphatic rings. The van der Waals surface area contributed by atoms with E-state index >= 15 is 0 Å². The van der Waals surface area contributed by atoms with Gasteiger partial charge in [0.2, 0.25) is 5.91 Å². The third kappa shape index (κ3) is 4.24. The summed E-state index contributed by atoms with van der Waals surface area (Å²) in [5.74, 6) is 0.369. The van der Waals surface area contributed by atoms with Crippen molar-refractivity contribution in [2.24, 2.45) is 0 Å². The maximum atomic E-state index is 12.7. The molecule has 0 aliphatic carbocycles. The Morgan fingerprint density at radius 1 is 1.28 bits per heavy atom. The summed E-state index contributed by atoms with van der Waals surface area (Å²) in [7, 11) is 0. The second kappa shape index (κ2) is 7.21. The zero-order valence-electron chi connectivity index (χ0n) is 13.1. The number of carbonyl (C=O) groups excluding carboxylic acids is 1. The summed E-state index contributed by atoms with van der Waals surface area (Å²) in [4.78, 5) is 20.7. The number of pyridine rings is 1. The van der Waals surface area contributed by atoms with Crippen molar-refractivity contribution in [3.63, 3.8) is 0 Å². The molecule has 0 spiro atoms. The second-order valence-electron chi connectivity index (χ2n) is 5.65. The fraction of sp³-hybridized carbons (Fsp3) is 0.375. The first-order valence-electron chi connectivity index (χ1n) is 7.62. The highest BCUT2D eigenvalue weighted by atomic mass is 35.5. The Balaban J connectivity index is 1.61. The third-order valence-electron chi connectivity index (χ3n) is 3.99. The average molecular weight is 390 g/mol. The van der Waals surface area contributed by atoms with Crippen LogP contribution < -0.4 is 4.90 Å². The average Bonchev–Trinajstić information content (AvgIpc) is 3.07. The Hall–Kier alpha value is -1.80. The molecule has 9 heteroatoms. The van der Waals surface area contributed by atoms with Crippen LogP contribution in [0.1, 0.15) is 10.4 Å². The van der Waals surface area contributed by atoms with Crippen molar-refractivity contribution in [1.82, 2.24) is 9.88 Å². The maximum Gasteiger partial charge on any atom is 0.417 e. The number of alkyl halides is 3. The van der Waals surface area contributed by atoms with Crippen molar-refractivity contribution in [1.29, 1.82) is 0 Å². The van der Waals surface area contributed by atoms with Crippen LogP contribution in [0.4, 0.5) is 19.0 Å². The number of amides is 1. The molecule has 0 aromatic carbocycles. The van der Waals surface area contributed by atoms with Gasteiger partial charge in [0, 0.05) is 37.3 Å². The molecule has 2 aromatic rings. The molecule has 0 radical (unpaired) electrons. The van der Waals surface area contributed by atoms with Crippen molar-refractivity contribution in [3.8, 4) is 0 Å². The minimum Gasteiger partial charge on any atom is -0.352 e. The van der Waals surface area contributed by atoms with Gasteiger partial charge < -0.3 is 9.80 Å². The summed E-state index contributed by atoms with van der Waals surface area (Å²) in [6.07, 6.45) is -3.31. The fourth-order valence-corrected chi connectivity index (χ4v) is 3.64.